The lowest BCUT2D eigenvalue weighted by molar-refractivity contribution is -0.122. The summed E-state index contributed by atoms with van der Waals surface area (Å²) in [4.78, 5) is 22.2. The predicted octanol–water partition coefficient (Wildman–Crippen LogP) is 5.64. The standard InChI is InChI=1S/C28H26ClN5O/c29-24-13-11-22(12-14-24)25-15-16-27(32-31-25)33-18-6-9-23(20-33)28(35)34(26-10-4-5-17-30-26)19-21-7-2-1-3-8-21/h1-5,7-8,10-17,23H,6,9,18-20H2. The average molecular weight is 484 g/mol. The maximum Gasteiger partial charge on any atom is 0.233 e. The van der Waals surface area contributed by atoms with Gasteiger partial charge in [0.15, 0.2) is 5.82 Å². The predicted molar refractivity (Wildman–Crippen MR) is 139 cm³/mol. The molecule has 2 aromatic heterocycles. The van der Waals surface area contributed by atoms with Crippen LogP contribution in [0, 0.1) is 5.92 Å². The summed E-state index contributed by atoms with van der Waals surface area (Å²) in [5.74, 6) is 1.40. The van der Waals surface area contributed by atoms with Crippen molar-refractivity contribution in [3.63, 3.8) is 0 Å². The summed E-state index contributed by atoms with van der Waals surface area (Å²) in [6.45, 7) is 1.94. The third-order valence-corrected chi connectivity index (χ3v) is 6.51. The highest BCUT2D eigenvalue weighted by Gasteiger charge is 2.31. The number of amides is 1. The molecule has 0 N–H and O–H groups in total. The Balaban J connectivity index is 1.33. The highest BCUT2D eigenvalue weighted by atomic mass is 35.5. The molecule has 1 atom stereocenters. The number of nitrogens with zero attached hydrogens (tertiary/aromatic N) is 5. The Morgan fingerprint density at radius 3 is 2.46 bits per heavy atom. The van der Waals surface area contributed by atoms with Crippen LogP contribution in [0.4, 0.5) is 11.6 Å². The van der Waals surface area contributed by atoms with E-state index in [-0.39, 0.29) is 11.8 Å². The fourth-order valence-corrected chi connectivity index (χ4v) is 4.55. The lowest BCUT2D eigenvalue weighted by Gasteiger charge is -2.35. The Morgan fingerprint density at radius 2 is 1.74 bits per heavy atom. The van der Waals surface area contributed by atoms with Crippen LogP contribution in [0.25, 0.3) is 11.3 Å². The molecule has 1 amide bonds. The van der Waals surface area contributed by atoms with Gasteiger partial charge in [0.1, 0.15) is 5.82 Å². The second-order valence-corrected chi connectivity index (χ2v) is 9.10. The molecule has 2 aromatic carbocycles. The van der Waals surface area contributed by atoms with E-state index in [1.807, 2.05) is 84.9 Å². The number of hydrogen-bond donors (Lipinski definition) is 0. The zero-order valence-electron chi connectivity index (χ0n) is 19.3. The van der Waals surface area contributed by atoms with E-state index in [9.17, 15) is 4.79 Å². The first-order valence-corrected chi connectivity index (χ1v) is 12.2. The minimum Gasteiger partial charge on any atom is -0.354 e. The summed E-state index contributed by atoms with van der Waals surface area (Å²) in [6, 6.07) is 27.2. The van der Waals surface area contributed by atoms with E-state index in [0.29, 0.717) is 23.9 Å². The fourth-order valence-electron chi connectivity index (χ4n) is 4.43. The molecule has 0 bridgehead atoms. The SMILES string of the molecule is O=C(C1CCCN(c2ccc(-c3ccc(Cl)cc3)nn2)C1)N(Cc1ccccc1)c1ccccn1. The molecule has 7 heteroatoms. The fraction of sp³-hybridized carbons (Fsp3) is 0.214. The largest absolute Gasteiger partial charge is 0.354 e. The quantitative estimate of drug-likeness (QED) is 0.355. The van der Waals surface area contributed by atoms with Crippen molar-refractivity contribution in [1.82, 2.24) is 15.2 Å². The van der Waals surface area contributed by atoms with Crippen LogP contribution in [0.1, 0.15) is 18.4 Å². The highest BCUT2D eigenvalue weighted by molar-refractivity contribution is 6.30. The number of piperidine rings is 1. The topological polar surface area (TPSA) is 62.2 Å². The molecule has 1 saturated heterocycles. The molecule has 6 nitrogen and oxygen atoms in total. The number of halogens is 1. The van der Waals surface area contributed by atoms with Crippen LogP contribution < -0.4 is 9.80 Å². The van der Waals surface area contributed by atoms with Crippen LogP contribution in [0.3, 0.4) is 0 Å². The van der Waals surface area contributed by atoms with Gasteiger partial charge >= 0.3 is 0 Å². The zero-order valence-corrected chi connectivity index (χ0v) is 20.1. The molecule has 0 aliphatic carbocycles. The van der Waals surface area contributed by atoms with E-state index >= 15 is 0 Å². The van der Waals surface area contributed by atoms with Crippen LogP contribution in [0.5, 0.6) is 0 Å². The molecular formula is C28H26ClN5O. The molecule has 0 spiro atoms. The first kappa shape index (κ1) is 23.0. The van der Waals surface area contributed by atoms with Crippen LogP contribution in [-0.4, -0.2) is 34.2 Å². The third-order valence-electron chi connectivity index (χ3n) is 6.26. The van der Waals surface area contributed by atoms with Crippen LogP contribution in [-0.2, 0) is 11.3 Å². The van der Waals surface area contributed by atoms with E-state index in [2.05, 4.69) is 20.1 Å². The maximum atomic E-state index is 13.8. The molecule has 1 fully saturated rings. The lowest BCUT2D eigenvalue weighted by Crippen LogP contribution is -2.45. The van der Waals surface area contributed by atoms with Gasteiger partial charge in [-0.1, -0.05) is 60.1 Å². The molecule has 1 unspecified atom stereocenters. The van der Waals surface area contributed by atoms with Crippen molar-refractivity contribution in [3.05, 3.63) is 102 Å². The monoisotopic (exact) mass is 483 g/mol. The first-order chi connectivity index (χ1) is 17.2. The molecule has 3 heterocycles. The lowest BCUT2D eigenvalue weighted by atomic mass is 9.96. The molecule has 1 aliphatic rings. The molecule has 1 aliphatic heterocycles. The Hall–Kier alpha value is -3.77. The summed E-state index contributed by atoms with van der Waals surface area (Å²) < 4.78 is 0. The van der Waals surface area contributed by atoms with Gasteiger partial charge in [0.2, 0.25) is 5.91 Å². The second-order valence-electron chi connectivity index (χ2n) is 8.67. The minimum atomic E-state index is -0.146. The van der Waals surface area contributed by atoms with Crippen LogP contribution in [0.2, 0.25) is 5.02 Å². The first-order valence-electron chi connectivity index (χ1n) is 11.8. The van der Waals surface area contributed by atoms with Crippen molar-refractivity contribution in [3.8, 4) is 11.3 Å². The number of rotatable bonds is 6. The number of hydrogen-bond acceptors (Lipinski definition) is 5. The highest BCUT2D eigenvalue weighted by Crippen LogP contribution is 2.27. The van der Waals surface area contributed by atoms with E-state index in [1.165, 1.54) is 0 Å². The Bertz CT molecular complexity index is 1250. The number of benzene rings is 2. The van der Waals surface area contributed by atoms with Crippen molar-refractivity contribution in [2.75, 3.05) is 22.9 Å². The molecular weight excluding hydrogens is 458 g/mol. The number of carbonyl (C=O) groups excluding carboxylic acids is 1. The average Bonchev–Trinajstić information content (AvgIpc) is 2.93. The molecule has 176 valence electrons. The van der Waals surface area contributed by atoms with Crippen molar-refractivity contribution < 1.29 is 4.79 Å². The van der Waals surface area contributed by atoms with Crippen LogP contribution in [0.15, 0.2) is 91.1 Å². The number of pyridine rings is 1. The van der Waals surface area contributed by atoms with Crippen LogP contribution >= 0.6 is 11.6 Å². The third kappa shape index (κ3) is 5.49. The number of carbonyl (C=O) groups is 1. The van der Waals surface area contributed by atoms with Gasteiger partial charge in [0, 0.05) is 29.9 Å². The number of anilines is 2. The molecule has 4 aromatic rings. The maximum absolute atomic E-state index is 13.8. The van der Waals surface area contributed by atoms with E-state index in [4.69, 9.17) is 11.6 Å². The van der Waals surface area contributed by atoms with Gasteiger partial charge in [-0.05, 0) is 54.8 Å². The van der Waals surface area contributed by atoms with E-state index < -0.39 is 0 Å². The zero-order chi connectivity index (χ0) is 24.0. The summed E-state index contributed by atoms with van der Waals surface area (Å²) in [5.41, 5.74) is 2.83. The van der Waals surface area contributed by atoms with Gasteiger partial charge in [-0.2, -0.15) is 0 Å². The van der Waals surface area contributed by atoms with Crippen molar-refractivity contribution in [2.24, 2.45) is 5.92 Å². The Kier molecular flexibility index (Phi) is 7.00. The molecule has 0 saturated carbocycles. The van der Waals surface area contributed by atoms with Gasteiger partial charge in [0.05, 0.1) is 18.2 Å². The summed E-state index contributed by atoms with van der Waals surface area (Å²) in [5, 5.41) is 9.58. The van der Waals surface area contributed by atoms with Gasteiger partial charge in [-0.15, -0.1) is 10.2 Å². The number of aromatic nitrogens is 3. The van der Waals surface area contributed by atoms with Gasteiger partial charge in [0.25, 0.3) is 0 Å². The molecule has 0 radical (unpaired) electrons. The minimum absolute atomic E-state index is 0.0861. The summed E-state index contributed by atoms with van der Waals surface area (Å²) in [6.07, 6.45) is 3.48. The van der Waals surface area contributed by atoms with Crippen molar-refractivity contribution in [1.29, 1.82) is 0 Å². The van der Waals surface area contributed by atoms with Crippen molar-refractivity contribution in [2.45, 2.75) is 19.4 Å². The molecule has 35 heavy (non-hydrogen) atoms. The van der Waals surface area contributed by atoms with Crippen molar-refractivity contribution >= 4 is 29.1 Å². The summed E-state index contributed by atoms with van der Waals surface area (Å²) >= 11 is 5.99. The van der Waals surface area contributed by atoms with Gasteiger partial charge in [-0.25, -0.2) is 4.98 Å². The van der Waals surface area contributed by atoms with Gasteiger partial charge in [-0.3, -0.25) is 9.69 Å². The second kappa shape index (κ2) is 10.7. The smallest absolute Gasteiger partial charge is 0.233 e. The molecule has 5 rings (SSSR count). The van der Waals surface area contributed by atoms with Gasteiger partial charge < -0.3 is 4.90 Å². The van der Waals surface area contributed by atoms with E-state index in [0.717, 1.165) is 42.0 Å². The Labute approximate surface area is 210 Å². The summed E-state index contributed by atoms with van der Waals surface area (Å²) in [7, 11) is 0. The normalized spacial score (nSPS) is 15.6. The van der Waals surface area contributed by atoms with E-state index in [1.54, 1.807) is 11.1 Å². The Morgan fingerprint density at radius 1 is 0.943 bits per heavy atom.